The van der Waals surface area contributed by atoms with Gasteiger partial charge in [-0.25, -0.2) is 0 Å². The molecule has 0 aliphatic heterocycles. The van der Waals surface area contributed by atoms with E-state index in [2.05, 4.69) is 33.9 Å². The molecule has 0 rings (SSSR count). The van der Waals surface area contributed by atoms with Gasteiger partial charge in [-0.05, 0) is 18.1 Å². The number of hydrogen-bond donors (Lipinski definition) is 0. The first-order valence-corrected chi connectivity index (χ1v) is 7.35. The second-order valence-electron chi connectivity index (χ2n) is 4.60. The summed E-state index contributed by atoms with van der Waals surface area (Å²) in [7, 11) is 0.181. The molecular formula is C9H22O2Si. The van der Waals surface area contributed by atoms with Crippen LogP contribution in [0, 0.1) is 0 Å². The zero-order valence-corrected chi connectivity index (χ0v) is 10.2. The Labute approximate surface area is 77.4 Å². The second-order valence-corrected chi connectivity index (χ2v) is 9.41. The van der Waals surface area contributed by atoms with Crippen molar-refractivity contribution < 1.29 is 9.16 Å². The van der Waals surface area contributed by atoms with Crippen LogP contribution in [0.3, 0.4) is 0 Å². The van der Waals surface area contributed by atoms with E-state index in [4.69, 9.17) is 9.16 Å². The van der Waals surface area contributed by atoms with E-state index in [1.54, 1.807) is 7.11 Å². The van der Waals surface area contributed by atoms with Gasteiger partial charge in [0.1, 0.15) is 0 Å². The molecule has 0 heterocycles. The third-order valence-corrected chi connectivity index (χ3v) is 7.09. The maximum absolute atomic E-state index is 5.85. The van der Waals surface area contributed by atoms with Crippen LogP contribution in [-0.4, -0.2) is 28.6 Å². The number of hydrogen-bond acceptors (Lipinski definition) is 2. The lowest BCUT2D eigenvalue weighted by atomic mass is 10.2. The van der Waals surface area contributed by atoms with Gasteiger partial charge in [-0.1, -0.05) is 20.8 Å². The van der Waals surface area contributed by atoms with Crippen LogP contribution in [0.2, 0.25) is 18.1 Å². The van der Waals surface area contributed by atoms with Crippen LogP contribution in [0.4, 0.5) is 0 Å². The maximum Gasteiger partial charge on any atom is 0.192 e. The Morgan fingerprint density at radius 3 is 1.92 bits per heavy atom. The highest BCUT2D eigenvalue weighted by atomic mass is 28.4. The predicted octanol–water partition coefficient (Wildman–Crippen LogP) is 2.65. The lowest BCUT2D eigenvalue weighted by Gasteiger charge is -2.36. The largest absolute Gasteiger partial charge is 0.414 e. The van der Waals surface area contributed by atoms with Crippen molar-refractivity contribution in [2.75, 3.05) is 20.3 Å². The lowest BCUT2D eigenvalue weighted by molar-refractivity contribution is 0.139. The summed E-state index contributed by atoms with van der Waals surface area (Å²) in [5.74, 6) is 0. The molecule has 0 aliphatic carbocycles. The van der Waals surface area contributed by atoms with E-state index < -0.39 is 8.32 Å². The van der Waals surface area contributed by atoms with E-state index >= 15 is 0 Å². The van der Waals surface area contributed by atoms with Crippen molar-refractivity contribution in [2.45, 2.75) is 38.9 Å². The summed E-state index contributed by atoms with van der Waals surface area (Å²) in [5, 5.41) is 0.306. The van der Waals surface area contributed by atoms with Gasteiger partial charge in [0.2, 0.25) is 0 Å². The molecule has 0 aromatic carbocycles. The molecular weight excluding hydrogens is 168 g/mol. The molecule has 2 nitrogen and oxygen atoms in total. The van der Waals surface area contributed by atoms with Gasteiger partial charge in [-0.2, -0.15) is 0 Å². The van der Waals surface area contributed by atoms with Gasteiger partial charge in [0, 0.05) is 7.11 Å². The average Bonchev–Trinajstić information content (AvgIpc) is 1.85. The Balaban J connectivity index is 3.88. The van der Waals surface area contributed by atoms with Crippen LogP contribution in [0.5, 0.6) is 0 Å². The standard InChI is InChI=1S/C9H22O2Si/c1-9(2,3)12(5,6)11-8-7-10-4/h7-8H2,1-6H3. The molecule has 0 spiro atoms. The summed E-state index contributed by atoms with van der Waals surface area (Å²) in [6.45, 7) is 12.7. The Kier molecular flexibility index (Phi) is 4.44. The minimum atomic E-state index is -1.52. The zero-order chi connectivity index (χ0) is 9.83. The molecule has 0 saturated heterocycles. The van der Waals surface area contributed by atoms with Crippen LogP contribution < -0.4 is 0 Å². The third kappa shape index (κ3) is 3.69. The van der Waals surface area contributed by atoms with Crippen molar-refractivity contribution in [1.29, 1.82) is 0 Å². The number of ether oxygens (including phenoxy) is 1. The van der Waals surface area contributed by atoms with E-state index in [1.165, 1.54) is 0 Å². The highest BCUT2D eigenvalue weighted by Crippen LogP contribution is 2.36. The average molecular weight is 190 g/mol. The van der Waals surface area contributed by atoms with Crippen LogP contribution in [-0.2, 0) is 9.16 Å². The van der Waals surface area contributed by atoms with Crippen LogP contribution in [0.1, 0.15) is 20.8 Å². The van der Waals surface area contributed by atoms with Gasteiger partial charge < -0.3 is 9.16 Å². The summed E-state index contributed by atoms with van der Waals surface area (Å²) in [4.78, 5) is 0. The highest BCUT2D eigenvalue weighted by Gasteiger charge is 2.36. The molecule has 0 radical (unpaired) electrons. The van der Waals surface area contributed by atoms with Gasteiger partial charge in [-0.15, -0.1) is 0 Å². The van der Waals surface area contributed by atoms with Gasteiger partial charge in [0.25, 0.3) is 0 Å². The summed E-state index contributed by atoms with van der Waals surface area (Å²) >= 11 is 0. The molecule has 0 aliphatic rings. The first-order chi connectivity index (χ1) is 5.31. The molecule has 0 saturated carbocycles. The molecule has 3 heteroatoms. The molecule has 0 unspecified atom stereocenters. The zero-order valence-electron chi connectivity index (χ0n) is 9.23. The molecule has 0 aromatic heterocycles. The summed E-state index contributed by atoms with van der Waals surface area (Å²) in [6.07, 6.45) is 0. The van der Waals surface area contributed by atoms with Crippen molar-refractivity contribution in [3.8, 4) is 0 Å². The first-order valence-electron chi connectivity index (χ1n) is 4.44. The molecule has 0 atom stereocenters. The highest BCUT2D eigenvalue weighted by molar-refractivity contribution is 6.74. The quantitative estimate of drug-likeness (QED) is 0.501. The molecule has 0 aromatic rings. The smallest absolute Gasteiger partial charge is 0.192 e. The maximum atomic E-state index is 5.85. The van der Waals surface area contributed by atoms with Crippen molar-refractivity contribution in [3.63, 3.8) is 0 Å². The fraction of sp³-hybridized carbons (Fsp3) is 1.00. The Bertz CT molecular complexity index is 127. The molecule has 12 heavy (non-hydrogen) atoms. The van der Waals surface area contributed by atoms with Gasteiger partial charge in [0.15, 0.2) is 8.32 Å². The first kappa shape index (κ1) is 12.1. The number of rotatable bonds is 4. The molecule has 0 N–H and O–H groups in total. The minimum Gasteiger partial charge on any atom is -0.414 e. The Hall–Kier alpha value is 0.137. The van der Waals surface area contributed by atoms with Gasteiger partial charge in [0.05, 0.1) is 13.2 Å². The Morgan fingerprint density at radius 2 is 1.58 bits per heavy atom. The van der Waals surface area contributed by atoms with E-state index in [-0.39, 0.29) is 0 Å². The van der Waals surface area contributed by atoms with Crippen molar-refractivity contribution in [1.82, 2.24) is 0 Å². The third-order valence-electron chi connectivity index (χ3n) is 2.56. The lowest BCUT2D eigenvalue weighted by Crippen LogP contribution is -2.41. The van der Waals surface area contributed by atoms with Crippen molar-refractivity contribution >= 4 is 8.32 Å². The molecule has 74 valence electrons. The van der Waals surface area contributed by atoms with Crippen molar-refractivity contribution in [3.05, 3.63) is 0 Å². The van der Waals surface area contributed by atoms with E-state index in [0.717, 1.165) is 6.61 Å². The monoisotopic (exact) mass is 190 g/mol. The fourth-order valence-corrected chi connectivity index (χ4v) is 1.62. The predicted molar refractivity (Wildman–Crippen MR) is 55.0 cm³/mol. The van der Waals surface area contributed by atoms with E-state index in [9.17, 15) is 0 Å². The van der Waals surface area contributed by atoms with Crippen LogP contribution in [0.25, 0.3) is 0 Å². The van der Waals surface area contributed by atoms with Crippen LogP contribution >= 0.6 is 0 Å². The normalized spacial score (nSPS) is 13.5. The van der Waals surface area contributed by atoms with Crippen LogP contribution in [0.15, 0.2) is 0 Å². The van der Waals surface area contributed by atoms with Gasteiger partial charge >= 0.3 is 0 Å². The second kappa shape index (κ2) is 4.39. The summed E-state index contributed by atoms with van der Waals surface area (Å²) < 4.78 is 10.8. The van der Waals surface area contributed by atoms with E-state index in [0.29, 0.717) is 11.6 Å². The minimum absolute atomic E-state index is 0.306. The molecule has 0 bridgehead atoms. The topological polar surface area (TPSA) is 18.5 Å². The van der Waals surface area contributed by atoms with Gasteiger partial charge in [-0.3, -0.25) is 0 Å². The van der Waals surface area contributed by atoms with Crippen molar-refractivity contribution in [2.24, 2.45) is 0 Å². The summed E-state index contributed by atoms with van der Waals surface area (Å²) in [6, 6.07) is 0. The Morgan fingerprint density at radius 1 is 1.08 bits per heavy atom. The molecule has 0 amide bonds. The molecule has 0 fully saturated rings. The SMILES string of the molecule is COCCO[Si](C)(C)C(C)(C)C. The number of methoxy groups -OCH3 is 1. The summed E-state index contributed by atoms with van der Waals surface area (Å²) in [5.41, 5.74) is 0. The fourth-order valence-electron chi connectivity index (χ4n) is 0.597. The van der Waals surface area contributed by atoms with E-state index in [1.807, 2.05) is 0 Å².